The van der Waals surface area contributed by atoms with Crippen LogP contribution in [0, 0.1) is 0 Å². The number of halogens is 1. The van der Waals surface area contributed by atoms with Gasteiger partial charge in [-0.3, -0.25) is 4.79 Å². The number of carbonyl (C=O) groups excluding carboxylic acids is 1. The molecule has 0 saturated carbocycles. The fraction of sp³-hybridized carbons (Fsp3) is 0.667. The van der Waals surface area contributed by atoms with Crippen molar-refractivity contribution in [1.82, 2.24) is 14.4 Å². The summed E-state index contributed by atoms with van der Waals surface area (Å²) in [4.78, 5) is 17.3. The number of carbonyl (C=O) groups is 1. The van der Waals surface area contributed by atoms with Crippen LogP contribution in [0.25, 0.3) is 0 Å². The second-order valence-corrected chi connectivity index (χ2v) is 6.42. The molecule has 0 spiro atoms. The molecule has 1 saturated heterocycles. The number of nitrogens with zero attached hydrogens (tertiary/aromatic N) is 3. The van der Waals surface area contributed by atoms with E-state index in [0.29, 0.717) is 6.04 Å². The molecule has 1 aromatic rings. The van der Waals surface area contributed by atoms with Gasteiger partial charge in [-0.15, -0.1) is 0 Å². The Morgan fingerprint density at radius 2 is 2.15 bits per heavy atom. The number of aromatic nitrogens is 1. The van der Waals surface area contributed by atoms with E-state index < -0.39 is 0 Å². The molecular formula is C15H24BrN3O. The summed E-state index contributed by atoms with van der Waals surface area (Å²) in [5, 5.41) is 0. The van der Waals surface area contributed by atoms with Crippen molar-refractivity contribution in [2.24, 2.45) is 0 Å². The Bertz CT molecular complexity index is 472. The van der Waals surface area contributed by atoms with Crippen LogP contribution in [0.4, 0.5) is 0 Å². The summed E-state index contributed by atoms with van der Waals surface area (Å²) in [7, 11) is 2.14. The molecule has 2 rings (SSSR count). The average Bonchev–Trinajstić information content (AvgIpc) is 2.70. The predicted molar refractivity (Wildman–Crippen MR) is 85.0 cm³/mol. The Morgan fingerprint density at radius 1 is 1.40 bits per heavy atom. The summed E-state index contributed by atoms with van der Waals surface area (Å²) < 4.78 is 3.00. The van der Waals surface area contributed by atoms with E-state index >= 15 is 0 Å². The lowest BCUT2D eigenvalue weighted by atomic mass is 10.1. The van der Waals surface area contributed by atoms with Gasteiger partial charge < -0.3 is 14.4 Å². The van der Waals surface area contributed by atoms with Crippen LogP contribution >= 0.6 is 15.9 Å². The molecule has 0 bridgehead atoms. The smallest absolute Gasteiger partial charge is 0.270 e. The van der Waals surface area contributed by atoms with Crippen molar-refractivity contribution < 1.29 is 4.79 Å². The summed E-state index contributed by atoms with van der Waals surface area (Å²) in [5.74, 6) is 0.166. The van der Waals surface area contributed by atoms with Crippen molar-refractivity contribution in [2.45, 2.75) is 39.3 Å². The molecule has 0 aliphatic carbocycles. The Hall–Kier alpha value is -0.810. The first-order valence-electron chi connectivity index (χ1n) is 7.42. The van der Waals surface area contributed by atoms with Crippen molar-refractivity contribution in [3.63, 3.8) is 0 Å². The molecule has 1 aromatic heterocycles. The highest BCUT2D eigenvalue weighted by molar-refractivity contribution is 9.10. The summed E-state index contributed by atoms with van der Waals surface area (Å²) in [6.45, 7) is 7.94. The van der Waals surface area contributed by atoms with Gasteiger partial charge in [-0.05, 0) is 55.4 Å². The predicted octanol–water partition coefficient (Wildman–Crippen LogP) is 2.83. The van der Waals surface area contributed by atoms with Crippen LogP contribution in [0.15, 0.2) is 16.7 Å². The largest absolute Gasteiger partial charge is 0.343 e. The molecule has 4 nitrogen and oxygen atoms in total. The molecule has 0 N–H and O–H groups in total. The highest BCUT2D eigenvalue weighted by atomic mass is 79.9. The highest BCUT2D eigenvalue weighted by Crippen LogP contribution is 2.20. The number of hydrogen-bond acceptors (Lipinski definition) is 2. The topological polar surface area (TPSA) is 28.5 Å². The van der Waals surface area contributed by atoms with Crippen molar-refractivity contribution >= 4 is 21.8 Å². The quantitative estimate of drug-likeness (QED) is 0.845. The highest BCUT2D eigenvalue weighted by Gasteiger charge is 2.28. The third-order valence-corrected chi connectivity index (χ3v) is 4.49. The Morgan fingerprint density at radius 3 is 2.80 bits per heavy atom. The van der Waals surface area contributed by atoms with Crippen LogP contribution < -0.4 is 0 Å². The van der Waals surface area contributed by atoms with Crippen LogP contribution in [0.3, 0.4) is 0 Å². The number of hydrogen-bond donors (Lipinski definition) is 0. The van der Waals surface area contributed by atoms with Gasteiger partial charge in [-0.25, -0.2) is 0 Å². The van der Waals surface area contributed by atoms with Crippen molar-refractivity contribution in [2.75, 3.05) is 26.7 Å². The fourth-order valence-corrected chi connectivity index (χ4v) is 3.39. The van der Waals surface area contributed by atoms with E-state index in [1.54, 1.807) is 0 Å². The maximum atomic E-state index is 12.9. The molecule has 20 heavy (non-hydrogen) atoms. The lowest BCUT2D eigenvalue weighted by Crippen LogP contribution is -2.44. The third kappa shape index (κ3) is 3.26. The van der Waals surface area contributed by atoms with Crippen LogP contribution in [-0.2, 0) is 6.54 Å². The van der Waals surface area contributed by atoms with E-state index in [2.05, 4.69) is 46.6 Å². The molecule has 0 radical (unpaired) electrons. The first kappa shape index (κ1) is 15.6. The summed E-state index contributed by atoms with van der Waals surface area (Å²) in [6.07, 6.45) is 4.04. The van der Waals surface area contributed by atoms with E-state index in [0.717, 1.165) is 49.2 Å². The molecule has 0 aromatic carbocycles. The zero-order chi connectivity index (χ0) is 14.7. The molecular weight excluding hydrogens is 318 g/mol. The summed E-state index contributed by atoms with van der Waals surface area (Å²) in [5.41, 5.74) is 0.794. The lowest BCUT2D eigenvalue weighted by Gasteiger charge is -2.30. The first-order chi connectivity index (χ1) is 9.56. The third-order valence-electron chi connectivity index (χ3n) is 4.06. The number of rotatable bonds is 3. The molecule has 2 heterocycles. The Balaban J connectivity index is 2.25. The maximum absolute atomic E-state index is 12.9. The van der Waals surface area contributed by atoms with E-state index in [1.165, 1.54) is 0 Å². The second-order valence-electron chi connectivity index (χ2n) is 5.51. The molecule has 112 valence electrons. The SMILES string of the molecule is CCC1CN(C)CCCN1C(=O)c1cc(Br)cn1CC. The normalized spacial score (nSPS) is 21.0. The van der Waals surface area contributed by atoms with Crippen molar-refractivity contribution in [3.8, 4) is 0 Å². The molecule has 1 atom stereocenters. The van der Waals surface area contributed by atoms with Gasteiger partial charge in [-0.1, -0.05) is 6.92 Å². The van der Waals surface area contributed by atoms with Gasteiger partial charge in [0.25, 0.3) is 5.91 Å². The van der Waals surface area contributed by atoms with E-state index in [-0.39, 0.29) is 5.91 Å². The minimum absolute atomic E-state index is 0.166. The van der Waals surface area contributed by atoms with Gasteiger partial charge in [0.2, 0.25) is 0 Å². The number of aryl methyl sites for hydroxylation is 1. The van der Waals surface area contributed by atoms with Gasteiger partial charge in [0, 0.05) is 36.3 Å². The standard InChI is InChI=1S/C15H24BrN3O/c1-4-13-11-17(3)7-6-8-19(13)15(20)14-9-12(16)10-18(14)5-2/h9-10,13H,4-8,11H2,1-3H3. The van der Waals surface area contributed by atoms with Crippen LogP contribution in [0.2, 0.25) is 0 Å². The Labute approximate surface area is 129 Å². The van der Waals surface area contributed by atoms with Gasteiger partial charge in [-0.2, -0.15) is 0 Å². The van der Waals surface area contributed by atoms with Crippen molar-refractivity contribution in [3.05, 3.63) is 22.4 Å². The van der Waals surface area contributed by atoms with E-state index in [4.69, 9.17) is 0 Å². The Kier molecular flexibility index (Phi) is 5.27. The summed E-state index contributed by atoms with van der Waals surface area (Å²) in [6, 6.07) is 2.25. The minimum Gasteiger partial charge on any atom is -0.343 e. The zero-order valence-electron chi connectivity index (χ0n) is 12.6. The molecule has 1 unspecified atom stereocenters. The van der Waals surface area contributed by atoms with Gasteiger partial charge in [0.05, 0.1) is 0 Å². The van der Waals surface area contributed by atoms with Gasteiger partial charge in [0.1, 0.15) is 5.69 Å². The number of likely N-dealkylation sites (N-methyl/N-ethyl adjacent to an activating group) is 1. The van der Waals surface area contributed by atoms with E-state index in [9.17, 15) is 4.79 Å². The monoisotopic (exact) mass is 341 g/mol. The van der Waals surface area contributed by atoms with E-state index in [1.807, 2.05) is 16.8 Å². The molecule has 1 amide bonds. The average molecular weight is 342 g/mol. The molecule has 1 aliphatic rings. The zero-order valence-corrected chi connectivity index (χ0v) is 14.2. The van der Waals surface area contributed by atoms with Gasteiger partial charge >= 0.3 is 0 Å². The van der Waals surface area contributed by atoms with Crippen LogP contribution in [-0.4, -0.2) is 53.0 Å². The maximum Gasteiger partial charge on any atom is 0.270 e. The first-order valence-corrected chi connectivity index (χ1v) is 8.21. The van der Waals surface area contributed by atoms with Gasteiger partial charge in [0.15, 0.2) is 0 Å². The molecule has 1 aliphatic heterocycles. The van der Waals surface area contributed by atoms with Crippen molar-refractivity contribution in [1.29, 1.82) is 0 Å². The van der Waals surface area contributed by atoms with Crippen LogP contribution in [0.1, 0.15) is 37.2 Å². The second kappa shape index (κ2) is 6.76. The van der Waals surface area contributed by atoms with Crippen LogP contribution in [0.5, 0.6) is 0 Å². The lowest BCUT2D eigenvalue weighted by molar-refractivity contribution is 0.0665. The fourth-order valence-electron chi connectivity index (χ4n) is 2.92. The molecule has 1 fully saturated rings. The molecule has 5 heteroatoms. The summed E-state index contributed by atoms with van der Waals surface area (Å²) >= 11 is 3.47. The minimum atomic E-state index is 0.166. The number of amides is 1.